The molecule has 0 bridgehead atoms. The molecule has 1 aliphatic rings. The lowest BCUT2D eigenvalue weighted by Crippen LogP contribution is -1.97. The Kier molecular flexibility index (Phi) is 3.96. The minimum atomic E-state index is -0.0766. The van der Waals surface area contributed by atoms with Crippen molar-refractivity contribution in [1.29, 1.82) is 0 Å². The van der Waals surface area contributed by atoms with Gasteiger partial charge in [-0.25, -0.2) is 0 Å². The molecule has 0 radical (unpaired) electrons. The molecule has 0 amide bonds. The van der Waals surface area contributed by atoms with E-state index in [1.807, 2.05) is 24.3 Å². The van der Waals surface area contributed by atoms with E-state index in [0.717, 1.165) is 25.0 Å². The van der Waals surface area contributed by atoms with E-state index >= 15 is 0 Å². The van der Waals surface area contributed by atoms with Crippen LogP contribution in [0.1, 0.15) is 36.6 Å². The predicted molar refractivity (Wildman–Crippen MR) is 81.0 cm³/mol. The number of nitrogens with zero attached hydrogens (tertiary/aromatic N) is 4. The SMILES string of the molecule is Cc1nc(COc2ccc(-c3noc([C@@H]4CCCO4)n3)cc2)no1. The lowest BCUT2D eigenvalue weighted by atomic mass is 10.2. The number of ether oxygens (including phenoxy) is 2. The van der Waals surface area contributed by atoms with Gasteiger partial charge in [-0.15, -0.1) is 0 Å². The molecule has 1 saturated heterocycles. The summed E-state index contributed by atoms with van der Waals surface area (Å²) >= 11 is 0. The van der Waals surface area contributed by atoms with Crippen molar-refractivity contribution >= 4 is 0 Å². The summed E-state index contributed by atoms with van der Waals surface area (Å²) in [6.07, 6.45) is 1.87. The summed E-state index contributed by atoms with van der Waals surface area (Å²) in [6, 6.07) is 7.43. The number of benzene rings is 1. The van der Waals surface area contributed by atoms with E-state index in [0.29, 0.717) is 29.2 Å². The highest BCUT2D eigenvalue weighted by Crippen LogP contribution is 2.29. The largest absolute Gasteiger partial charge is 0.485 e. The molecule has 0 saturated carbocycles. The van der Waals surface area contributed by atoms with Crippen molar-refractivity contribution in [1.82, 2.24) is 20.3 Å². The van der Waals surface area contributed by atoms with E-state index in [-0.39, 0.29) is 12.7 Å². The Hall–Kier alpha value is -2.74. The second-order valence-corrected chi connectivity index (χ2v) is 5.50. The van der Waals surface area contributed by atoms with E-state index in [4.69, 9.17) is 18.5 Å². The van der Waals surface area contributed by atoms with Gasteiger partial charge in [-0.1, -0.05) is 10.3 Å². The number of hydrogen-bond donors (Lipinski definition) is 0. The predicted octanol–water partition coefficient (Wildman–Crippen LogP) is 2.86. The van der Waals surface area contributed by atoms with Gasteiger partial charge in [0.15, 0.2) is 6.61 Å². The zero-order valence-corrected chi connectivity index (χ0v) is 13.1. The standard InChI is InChI=1S/C16H16N4O4/c1-10-17-14(19-23-10)9-22-12-6-4-11(5-7-12)15-18-16(24-20-15)13-3-2-8-21-13/h4-7,13H,2-3,8-9H2,1H3/t13-/m0/s1. The molecule has 0 spiro atoms. The van der Waals surface area contributed by atoms with Crippen molar-refractivity contribution in [2.24, 2.45) is 0 Å². The second-order valence-electron chi connectivity index (χ2n) is 5.50. The van der Waals surface area contributed by atoms with Crippen LogP contribution in [0.4, 0.5) is 0 Å². The van der Waals surface area contributed by atoms with Gasteiger partial charge in [0.2, 0.25) is 17.5 Å². The lowest BCUT2D eigenvalue weighted by molar-refractivity contribution is 0.0835. The molecule has 1 aliphatic heterocycles. The molecule has 1 aromatic carbocycles. The van der Waals surface area contributed by atoms with Gasteiger partial charge in [0, 0.05) is 19.1 Å². The topological polar surface area (TPSA) is 96.3 Å². The van der Waals surface area contributed by atoms with Gasteiger partial charge in [0.1, 0.15) is 11.9 Å². The van der Waals surface area contributed by atoms with Crippen LogP contribution in [-0.4, -0.2) is 26.9 Å². The van der Waals surface area contributed by atoms with Gasteiger partial charge in [0.25, 0.3) is 5.89 Å². The molecule has 0 unspecified atom stereocenters. The molecular weight excluding hydrogens is 312 g/mol. The van der Waals surface area contributed by atoms with Crippen molar-refractivity contribution < 1.29 is 18.5 Å². The molecule has 4 rings (SSSR count). The molecular formula is C16H16N4O4. The van der Waals surface area contributed by atoms with Crippen LogP contribution < -0.4 is 4.74 Å². The molecule has 0 aliphatic carbocycles. The highest BCUT2D eigenvalue weighted by atomic mass is 16.5. The highest BCUT2D eigenvalue weighted by Gasteiger charge is 2.24. The minimum Gasteiger partial charge on any atom is -0.485 e. The summed E-state index contributed by atoms with van der Waals surface area (Å²) in [4.78, 5) is 8.50. The Morgan fingerprint density at radius 1 is 1.12 bits per heavy atom. The van der Waals surface area contributed by atoms with Crippen molar-refractivity contribution in [2.45, 2.75) is 32.5 Å². The summed E-state index contributed by atoms with van der Waals surface area (Å²) in [5.41, 5.74) is 0.853. The Morgan fingerprint density at radius 2 is 2.00 bits per heavy atom. The van der Waals surface area contributed by atoms with Gasteiger partial charge in [0.05, 0.1) is 0 Å². The van der Waals surface area contributed by atoms with Crippen LogP contribution in [0, 0.1) is 6.92 Å². The zero-order chi connectivity index (χ0) is 16.4. The van der Waals surface area contributed by atoms with Crippen LogP contribution in [0.25, 0.3) is 11.4 Å². The fourth-order valence-corrected chi connectivity index (χ4v) is 2.50. The normalized spacial score (nSPS) is 17.3. The molecule has 8 heteroatoms. The van der Waals surface area contributed by atoms with Crippen molar-refractivity contribution in [3.05, 3.63) is 41.9 Å². The number of aryl methyl sites for hydroxylation is 1. The fourth-order valence-electron chi connectivity index (χ4n) is 2.50. The first kappa shape index (κ1) is 14.8. The van der Waals surface area contributed by atoms with Gasteiger partial charge in [-0.3, -0.25) is 0 Å². The minimum absolute atomic E-state index is 0.0766. The maximum atomic E-state index is 5.61. The van der Waals surface area contributed by atoms with Crippen LogP contribution in [0.3, 0.4) is 0 Å². The second kappa shape index (κ2) is 6.40. The molecule has 1 fully saturated rings. The third-order valence-electron chi connectivity index (χ3n) is 3.70. The van der Waals surface area contributed by atoms with Crippen molar-refractivity contribution in [2.75, 3.05) is 6.61 Å². The number of hydrogen-bond acceptors (Lipinski definition) is 8. The van der Waals surface area contributed by atoms with Gasteiger partial charge >= 0.3 is 0 Å². The molecule has 3 heterocycles. The highest BCUT2D eigenvalue weighted by molar-refractivity contribution is 5.55. The van der Waals surface area contributed by atoms with Crippen LogP contribution in [0.2, 0.25) is 0 Å². The molecule has 2 aromatic heterocycles. The maximum absolute atomic E-state index is 5.61. The Bertz CT molecular complexity index is 806. The van der Waals surface area contributed by atoms with E-state index in [2.05, 4.69) is 20.3 Å². The van der Waals surface area contributed by atoms with Crippen LogP contribution >= 0.6 is 0 Å². The van der Waals surface area contributed by atoms with E-state index in [1.165, 1.54) is 0 Å². The molecule has 3 aromatic rings. The van der Waals surface area contributed by atoms with E-state index in [1.54, 1.807) is 6.92 Å². The Labute approximate surface area is 137 Å². The first-order valence-electron chi connectivity index (χ1n) is 7.75. The lowest BCUT2D eigenvalue weighted by Gasteiger charge is -2.03. The average molecular weight is 328 g/mol. The first-order valence-corrected chi connectivity index (χ1v) is 7.75. The summed E-state index contributed by atoms with van der Waals surface area (Å²) < 4.78 is 21.4. The summed E-state index contributed by atoms with van der Waals surface area (Å²) in [7, 11) is 0. The van der Waals surface area contributed by atoms with Crippen molar-refractivity contribution in [3.63, 3.8) is 0 Å². The first-order chi connectivity index (χ1) is 11.8. The van der Waals surface area contributed by atoms with Gasteiger partial charge < -0.3 is 18.5 Å². The molecule has 24 heavy (non-hydrogen) atoms. The summed E-state index contributed by atoms with van der Waals surface area (Å²) in [5.74, 6) is 2.80. The van der Waals surface area contributed by atoms with E-state index in [9.17, 15) is 0 Å². The zero-order valence-electron chi connectivity index (χ0n) is 13.1. The van der Waals surface area contributed by atoms with Gasteiger partial charge in [-0.2, -0.15) is 9.97 Å². The van der Waals surface area contributed by atoms with Gasteiger partial charge in [-0.05, 0) is 37.1 Å². The average Bonchev–Trinajstić information content (AvgIpc) is 3.34. The number of aromatic nitrogens is 4. The Balaban J connectivity index is 1.41. The smallest absolute Gasteiger partial charge is 0.256 e. The van der Waals surface area contributed by atoms with Crippen LogP contribution in [-0.2, 0) is 11.3 Å². The monoisotopic (exact) mass is 328 g/mol. The summed E-state index contributed by atoms with van der Waals surface area (Å²) in [6.45, 7) is 2.73. The van der Waals surface area contributed by atoms with Crippen LogP contribution in [0.5, 0.6) is 5.75 Å². The molecule has 0 N–H and O–H groups in total. The quantitative estimate of drug-likeness (QED) is 0.705. The van der Waals surface area contributed by atoms with Crippen LogP contribution in [0.15, 0.2) is 33.3 Å². The third-order valence-corrected chi connectivity index (χ3v) is 3.70. The van der Waals surface area contributed by atoms with E-state index < -0.39 is 0 Å². The molecule has 124 valence electrons. The maximum Gasteiger partial charge on any atom is 0.256 e. The fraction of sp³-hybridized carbons (Fsp3) is 0.375. The Morgan fingerprint density at radius 3 is 2.71 bits per heavy atom. The summed E-state index contributed by atoms with van der Waals surface area (Å²) in [5, 5.41) is 7.80. The van der Waals surface area contributed by atoms with Crippen molar-refractivity contribution in [3.8, 4) is 17.1 Å². The third kappa shape index (κ3) is 3.13. The molecule has 1 atom stereocenters. The molecule has 8 nitrogen and oxygen atoms in total. The number of rotatable bonds is 5.